The highest BCUT2D eigenvalue weighted by atomic mass is 16.7. The van der Waals surface area contributed by atoms with Crippen LogP contribution in [0.2, 0.25) is 0 Å². The number of carbonyl (C=O) groups is 2. The van der Waals surface area contributed by atoms with Gasteiger partial charge in [0.25, 0.3) is 0 Å². The fraction of sp³-hybridized carbons (Fsp3) is 0.405. The molecule has 3 aliphatic rings. The molecule has 3 heterocycles. The third-order valence-corrected chi connectivity index (χ3v) is 9.67. The van der Waals surface area contributed by atoms with Crippen molar-refractivity contribution in [2.24, 2.45) is 5.92 Å². The van der Waals surface area contributed by atoms with Crippen LogP contribution in [0.1, 0.15) is 54.4 Å². The van der Waals surface area contributed by atoms with Crippen molar-refractivity contribution in [3.8, 4) is 0 Å². The van der Waals surface area contributed by atoms with Crippen LogP contribution in [0, 0.1) is 5.92 Å². The van der Waals surface area contributed by atoms with Gasteiger partial charge in [-0.15, -0.1) is 0 Å². The van der Waals surface area contributed by atoms with Gasteiger partial charge in [-0.3, -0.25) is 4.79 Å². The van der Waals surface area contributed by atoms with Gasteiger partial charge in [0.1, 0.15) is 12.1 Å². The summed E-state index contributed by atoms with van der Waals surface area (Å²) in [4.78, 5) is 29.7. The summed E-state index contributed by atoms with van der Waals surface area (Å²) >= 11 is 0. The second-order valence-electron chi connectivity index (χ2n) is 12.6. The lowest BCUT2D eigenvalue weighted by molar-refractivity contribution is -0.276. The van der Waals surface area contributed by atoms with E-state index in [1.54, 1.807) is 0 Å². The van der Waals surface area contributed by atoms with Crippen molar-refractivity contribution in [3.63, 3.8) is 0 Å². The van der Waals surface area contributed by atoms with E-state index in [-0.39, 0.29) is 37.2 Å². The first-order valence-corrected chi connectivity index (χ1v) is 16.3. The number of carbonyl (C=O) groups excluding carboxylic acids is 2. The number of piperidine rings is 1. The van der Waals surface area contributed by atoms with Gasteiger partial charge in [0.05, 0.1) is 25.5 Å². The van der Waals surface area contributed by atoms with E-state index in [0.717, 1.165) is 53.9 Å². The highest BCUT2D eigenvalue weighted by molar-refractivity contribution is 5.93. The molecule has 0 saturated carbocycles. The highest BCUT2D eigenvalue weighted by Crippen LogP contribution is 2.43. The number of rotatable bonds is 10. The molecule has 248 valence electrons. The van der Waals surface area contributed by atoms with Crippen LogP contribution in [0.5, 0.6) is 0 Å². The zero-order valence-corrected chi connectivity index (χ0v) is 26.8. The molecule has 3 aromatic carbocycles. The van der Waals surface area contributed by atoms with Crippen LogP contribution in [0.25, 0.3) is 0 Å². The summed E-state index contributed by atoms with van der Waals surface area (Å²) < 4.78 is 18.3. The summed E-state index contributed by atoms with van der Waals surface area (Å²) in [6, 6.07) is 25.9. The Morgan fingerprint density at radius 3 is 2.38 bits per heavy atom. The van der Waals surface area contributed by atoms with E-state index in [1.807, 2.05) is 66.7 Å². The van der Waals surface area contributed by atoms with Gasteiger partial charge in [-0.25, -0.2) is 4.79 Å². The summed E-state index contributed by atoms with van der Waals surface area (Å²) in [7, 11) is 0. The normalized spacial score (nSPS) is 24.1. The number of nitrogens with one attached hydrogen (secondary N) is 2. The predicted octanol–water partition coefficient (Wildman–Crippen LogP) is 4.81. The molecule has 0 aromatic heterocycles. The van der Waals surface area contributed by atoms with Crippen LogP contribution in [-0.4, -0.2) is 66.6 Å². The molecular weight excluding hydrogens is 596 g/mol. The first-order valence-electron chi connectivity index (χ1n) is 16.3. The van der Waals surface area contributed by atoms with E-state index in [4.69, 9.17) is 14.2 Å². The standard InChI is InChI=1S/C37H44N4O6/c1-3-21-45-36(44)38-22-27-9-15-30(16-10-27)34-46-32(26(2)33(47-34)29-13-11-28(24-42)12-14-29)23-40-19-17-37(18-20-40)35(43)39-25-41(37)31-7-5-4-6-8-31/h3-16,26,32-34,42H,1,17-25H2,2H3,(H,38,44)(H,39,43). The van der Waals surface area contributed by atoms with Crippen molar-refractivity contribution in [1.29, 1.82) is 0 Å². The van der Waals surface area contributed by atoms with E-state index in [9.17, 15) is 14.7 Å². The van der Waals surface area contributed by atoms with Crippen LogP contribution >= 0.6 is 0 Å². The maximum atomic E-state index is 13.2. The lowest BCUT2D eigenvalue weighted by Crippen LogP contribution is -2.57. The lowest BCUT2D eigenvalue weighted by Gasteiger charge is -2.46. The van der Waals surface area contributed by atoms with E-state index in [2.05, 4.69) is 46.1 Å². The summed E-state index contributed by atoms with van der Waals surface area (Å²) in [6.07, 6.45) is 1.55. The Hall–Kier alpha value is -4.22. The Balaban J connectivity index is 1.16. The number of para-hydroxylation sites is 1. The minimum absolute atomic E-state index is 0.0148. The van der Waals surface area contributed by atoms with Crippen molar-refractivity contribution in [1.82, 2.24) is 15.5 Å². The minimum atomic E-state index is -0.594. The second-order valence-corrected chi connectivity index (χ2v) is 12.6. The van der Waals surface area contributed by atoms with E-state index < -0.39 is 17.9 Å². The second kappa shape index (κ2) is 14.7. The third kappa shape index (κ3) is 7.21. The fourth-order valence-electron chi connectivity index (χ4n) is 6.87. The molecule has 1 spiro atoms. The first kappa shape index (κ1) is 32.7. The van der Waals surface area contributed by atoms with Crippen molar-refractivity contribution < 1.29 is 28.9 Å². The maximum Gasteiger partial charge on any atom is 0.407 e. The summed E-state index contributed by atoms with van der Waals surface area (Å²) in [5.74, 6) is 0.151. The molecule has 2 amide bonds. The lowest BCUT2D eigenvalue weighted by atomic mass is 9.84. The average Bonchev–Trinajstić information content (AvgIpc) is 3.43. The SMILES string of the molecule is C=CCOC(=O)NCc1ccc(C2OC(CN3CCC4(CC3)C(=O)NCN4c3ccccc3)C(C)C(c3ccc(CO)cc3)O2)cc1. The van der Waals surface area contributed by atoms with Crippen molar-refractivity contribution >= 4 is 17.7 Å². The summed E-state index contributed by atoms with van der Waals surface area (Å²) in [5.41, 5.74) is 4.21. The van der Waals surface area contributed by atoms with Gasteiger partial charge in [-0.1, -0.05) is 86.3 Å². The Kier molecular flexibility index (Phi) is 10.2. The number of hydrogen-bond donors (Lipinski definition) is 3. The van der Waals surface area contributed by atoms with Crippen LogP contribution < -0.4 is 15.5 Å². The largest absolute Gasteiger partial charge is 0.445 e. The zero-order chi connectivity index (χ0) is 32.8. The van der Waals surface area contributed by atoms with Gasteiger partial charge in [0.15, 0.2) is 6.29 Å². The summed E-state index contributed by atoms with van der Waals surface area (Å²) in [6.45, 7) is 8.99. The molecule has 4 atom stereocenters. The Morgan fingerprint density at radius 2 is 1.70 bits per heavy atom. The van der Waals surface area contributed by atoms with Crippen LogP contribution in [0.3, 0.4) is 0 Å². The van der Waals surface area contributed by atoms with Crippen LogP contribution in [-0.2, 0) is 32.2 Å². The van der Waals surface area contributed by atoms with Crippen molar-refractivity contribution in [2.45, 2.75) is 57.0 Å². The number of alkyl carbamates (subject to hydrolysis) is 1. The van der Waals surface area contributed by atoms with Crippen LogP contribution in [0.15, 0.2) is 91.5 Å². The van der Waals surface area contributed by atoms with E-state index in [0.29, 0.717) is 19.8 Å². The molecule has 10 heteroatoms. The maximum absolute atomic E-state index is 13.2. The topological polar surface area (TPSA) is 113 Å². The fourth-order valence-corrected chi connectivity index (χ4v) is 6.87. The molecule has 3 fully saturated rings. The molecule has 3 aliphatic heterocycles. The molecule has 0 radical (unpaired) electrons. The molecule has 6 rings (SSSR count). The number of nitrogens with zero attached hydrogens (tertiary/aromatic N) is 2. The predicted molar refractivity (Wildman–Crippen MR) is 178 cm³/mol. The third-order valence-electron chi connectivity index (χ3n) is 9.67. The number of likely N-dealkylation sites (tertiary alicyclic amines) is 1. The molecule has 3 saturated heterocycles. The summed E-state index contributed by atoms with van der Waals surface area (Å²) in [5, 5.41) is 15.4. The van der Waals surface area contributed by atoms with E-state index in [1.165, 1.54) is 6.08 Å². The number of hydrogen-bond acceptors (Lipinski definition) is 8. The Morgan fingerprint density at radius 1 is 1.02 bits per heavy atom. The van der Waals surface area contributed by atoms with Crippen molar-refractivity contribution in [2.75, 3.05) is 37.8 Å². The molecule has 0 aliphatic carbocycles. The van der Waals surface area contributed by atoms with Gasteiger partial charge in [-0.2, -0.15) is 0 Å². The first-order chi connectivity index (χ1) is 22.9. The van der Waals surface area contributed by atoms with Crippen molar-refractivity contribution in [3.05, 3.63) is 114 Å². The number of anilines is 1. The monoisotopic (exact) mass is 640 g/mol. The number of amides is 2. The van der Waals surface area contributed by atoms with Gasteiger partial charge in [-0.05, 0) is 41.7 Å². The molecule has 3 N–H and O–H groups in total. The van der Waals surface area contributed by atoms with Gasteiger partial charge in [0, 0.05) is 43.3 Å². The number of aliphatic hydroxyl groups is 1. The Bertz CT molecular complexity index is 1510. The average molecular weight is 641 g/mol. The quantitative estimate of drug-likeness (QED) is 0.271. The molecule has 3 aromatic rings. The molecule has 10 nitrogen and oxygen atoms in total. The molecule has 4 unspecified atom stereocenters. The van der Waals surface area contributed by atoms with Gasteiger partial charge < -0.3 is 39.8 Å². The smallest absolute Gasteiger partial charge is 0.407 e. The number of aliphatic hydroxyl groups excluding tert-OH is 1. The number of benzene rings is 3. The number of ether oxygens (including phenoxy) is 3. The Labute approximate surface area is 276 Å². The highest BCUT2D eigenvalue weighted by Gasteiger charge is 2.51. The molecular formula is C37H44N4O6. The van der Waals surface area contributed by atoms with Gasteiger partial charge >= 0.3 is 6.09 Å². The zero-order valence-electron chi connectivity index (χ0n) is 26.8. The molecule has 47 heavy (non-hydrogen) atoms. The van der Waals surface area contributed by atoms with Gasteiger partial charge in [0.2, 0.25) is 5.91 Å². The van der Waals surface area contributed by atoms with E-state index >= 15 is 0 Å². The minimum Gasteiger partial charge on any atom is -0.445 e. The molecule has 0 bridgehead atoms. The van der Waals surface area contributed by atoms with Crippen LogP contribution in [0.4, 0.5) is 10.5 Å².